The molecule has 0 radical (unpaired) electrons. The second-order valence-corrected chi connectivity index (χ2v) is 3.74. The Morgan fingerprint density at radius 3 is 2.80 bits per heavy atom. The highest BCUT2D eigenvalue weighted by Crippen LogP contribution is 2.27. The Kier molecular flexibility index (Phi) is 2.43. The van der Waals surface area contributed by atoms with Gasteiger partial charge in [-0.3, -0.25) is 4.40 Å². The maximum atomic E-state index is 13.2. The van der Waals surface area contributed by atoms with E-state index in [1.54, 1.807) is 12.1 Å². The largest absolute Gasteiger partial charge is 0.417 e. The molecule has 2 heterocycles. The lowest BCUT2D eigenvalue weighted by molar-refractivity contribution is -0.237. The van der Waals surface area contributed by atoms with Gasteiger partial charge in [-0.2, -0.15) is 8.78 Å². The number of methoxy groups -OCH3 is 1. The highest BCUT2D eigenvalue weighted by molar-refractivity contribution is 9.10. The van der Waals surface area contributed by atoms with Crippen molar-refractivity contribution in [3.8, 4) is 0 Å². The maximum Gasteiger partial charge on any atom is 0.417 e. The van der Waals surface area contributed by atoms with Gasteiger partial charge in [-0.05, 0) is 28.1 Å². The molecule has 0 spiro atoms. The van der Waals surface area contributed by atoms with Gasteiger partial charge in [0.25, 0.3) is 0 Å². The van der Waals surface area contributed by atoms with Crippen molar-refractivity contribution >= 4 is 21.6 Å². The van der Waals surface area contributed by atoms with E-state index in [1.165, 1.54) is 10.6 Å². The average Bonchev–Trinajstić information content (AvgIpc) is 2.61. The second kappa shape index (κ2) is 3.49. The molecular weight excluding hydrogens is 272 g/mol. The number of hydrogen-bond donors (Lipinski definition) is 0. The predicted molar refractivity (Wildman–Crippen MR) is 51.6 cm³/mol. The summed E-state index contributed by atoms with van der Waals surface area (Å²) in [5, 5.41) is 7.00. The molecular formula is C8H6BrF2N3O. The van der Waals surface area contributed by atoms with Crippen molar-refractivity contribution in [3.63, 3.8) is 0 Å². The fraction of sp³-hybridized carbons (Fsp3) is 0.250. The number of halogens is 3. The van der Waals surface area contributed by atoms with Gasteiger partial charge in [-0.15, -0.1) is 10.2 Å². The molecule has 0 aliphatic carbocycles. The zero-order valence-corrected chi connectivity index (χ0v) is 9.20. The van der Waals surface area contributed by atoms with Crippen LogP contribution in [-0.4, -0.2) is 21.7 Å². The van der Waals surface area contributed by atoms with Gasteiger partial charge in [-0.25, -0.2) is 0 Å². The molecule has 15 heavy (non-hydrogen) atoms. The van der Waals surface area contributed by atoms with Crippen LogP contribution in [-0.2, 0) is 10.8 Å². The molecule has 0 aliphatic heterocycles. The van der Waals surface area contributed by atoms with Crippen LogP contribution in [0.5, 0.6) is 0 Å². The molecule has 0 N–H and O–H groups in total. The van der Waals surface area contributed by atoms with Gasteiger partial charge in [0.05, 0.1) is 0 Å². The summed E-state index contributed by atoms with van der Waals surface area (Å²) in [6.45, 7) is 0. The summed E-state index contributed by atoms with van der Waals surface area (Å²) in [5.74, 6) is -0.540. The van der Waals surface area contributed by atoms with Crippen molar-refractivity contribution in [1.29, 1.82) is 0 Å². The molecule has 0 bridgehead atoms. The fourth-order valence-electron chi connectivity index (χ4n) is 1.15. The molecule has 0 aromatic carbocycles. The van der Waals surface area contributed by atoms with Crippen LogP contribution in [0.4, 0.5) is 8.78 Å². The normalized spacial score (nSPS) is 12.3. The second-order valence-electron chi connectivity index (χ2n) is 2.82. The summed E-state index contributed by atoms with van der Waals surface area (Å²) in [6, 6.07) is 3.27. The third-order valence-corrected chi connectivity index (χ3v) is 2.35. The number of alkyl halides is 2. The van der Waals surface area contributed by atoms with Gasteiger partial charge in [0, 0.05) is 17.8 Å². The molecule has 7 heteroatoms. The number of hydrogen-bond acceptors (Lipinski definition) is 3. The SMILES string of the molecule is COC(F)(F)c1nnc2ccc(Br)cn12. The van der Waals surface area contributed by atoms with Gasteiger partial charge < -0.3 is 4.74 Å². The summed E-state index contributed by atoms with van der Waals surface area (Å²) < 4.78 is 32.3. The van der Waals surface area contributed by atoms with Gasteiger partial charge >= 0.3 is 6.11 Å². The summed E-state index contributed by atoms with van der Waals surface area (Å²) in [5.41, 5.74) is 0.338. The van der Waals surface area contributed by atoms with Crippen LogP contribution >= 0.6 is 15.9 Å². The Morgan fingerprint density at radius 1 is 1.40 bits per heavy atom. The monoisotopic (exact) mass is 277 g/mol. The predicted octanol–water partition coefficient (Wildman–Crippen LogP) is 2.19. The zero-order valence-electron chi connectivity index (χ0n) is 7.62. The Morgan fingerprint density at radius 2 is 2.13 bits per heavy atom. The zero-order chi connectivity index (χ0) is 11.1. The number of nitrogens with zero attached hydrogens (tertiary/aromatic N) is 3. The van der Waals surface area contributed by atoms with E-state index in [9.17, 15) is 8.78 Å². The van der Waals surface area contributed by atoms with E-state index >= 15 is 0 Å². The highest BCUT2D eigenvalue weighted by Gasteiger charge is 2.37. The average molecular weight is 278 g/mol. The van der Waals surface area contributed by atoms with E-state index in [1.807, 2.05) is 0 Å². The van der Waals surface area contributed by atoms with Crippen molar-refractivity contribution in [2.24, 2.45) is 0 Å². The lowest BCUT2D eigenvalue weighted by Gasteiger charge is -2.11. The van der Waals surface area contributed by atoms with Crippen LogP contribution in [0.2, 0.25) is 0 Å². The number of fused-ring (bicyclic) bond motifs is 1. The van der Waals surface area contributed by atoms with Gasteiger partial charge in [0.15, 0.2) is 5.65 Å². The maximum absolute atomic E-state index is 13.2. The molecule has 80 valence electrons. The van der Waals surface area contributed by atoms with Gasteiger partial charge in [-0.1, -0.05) is 0 Å². The summed E-state index contributed by atoms with van der Waals surface area (Å²) >= 11 is 3.18. The Hall–Kier alpha value is -1.08. The smallest absolute Gasteiger partial charge is 0.317 e. The van der Waals surface area contributed by atoms with Crippen molar-refractivity contribution in [3.05, 3.63) is 28.6 Å². The van der Waals surface area contributed by atoms with Crippen molar-refractivity contribution in [2.75, 3.05) is 7.11 Å². The van der Waals surface area contributed by atoms with E-state index in [0.29, 0.717) is 10.1 Å². The Labute approximate surface area is 92.0 Å². The quantitative estimate of drug-likeness (QED) is 0.845. The van der Waals surface area contributed by atoms with Crippen molar-refractivity contribution < 1.29 is 13.5 Å². The van der Waals surface area contributed by atoms with Crippen LogP contribution in [0, 0.1) is 0 Å². The molecule has 2 aromatic heterocycles. The van der Waals surface area contributed by atoms with E-state index in [-0.39, 0.29) is 0 Å². The third kappa shape index (κ3) is 1.72. The highest BCUT2D eigenvalue weighted by atomic mass is 79.9. The molecule has 0 amide bonds. The molecule has 2 rings (SSSR count). The first-order chi connectivity index (χ1) is 7.04. The number of ether oxygens (including phenoxy) is 1. The van der Waals surface area contributed by atoms with Crippen LogP contribution in [0.25, 0.3) is 5.65 Å². The Bertz CT molecular complexity index is 500. The first-order valence-corrected chi connectivity index (χ1v) is 4.77. The third-order valence-electron chi connectivity index (χ3n) is 1.88. The van der Waals surface area contributed by atoms with Crippen molar-refractivity contribution in [1.82, 2.24) is 14.6 Å². The fourth-order valence-corrected chi connectivity index (χ4v) is 1.49. The first kappa shape index (κ1) is 10.4. The minimum atomic E-state index is -3.44. The number of pyridine rings is 1. The van der Waals surface area contributed by atoms with Crippen LogP contribution in [0.3, 0.4) is 0 Å². The molecule has 0 atom stereocenters. The van der Waals surface area contributed by atoms with Gasteiger partial charge in [0.1, 0.15) is 0 Å². The molecule has 0 aliphatic rings. The number of aromatic nitrogens is 3. The lowest BCUT2D eigenvalue weighted by Crippen LogP contribution is -2.19. The molecule has 4 nitrogen and oxygen atoms in total. The Balaban J connectivity index is 2.67. The van der Waals surface area contributed by atoms with Gasteiger partial charge in [0.2, 0.25) is 5.82 Å². The summed E-state index contributed by atoms with van der Waals surface area (Å²) in [7, 11) is 0.916. The van der Waals surface area contributed by atoms with Crippen molar-refractivity contribution in [2.45, 2.75) is 6.11 Å². The first-order valence-electron chi connectivity index (χ1n) is 3.98. The van der Waals surface area contributed by atoms with E-state index < -0.39 is 11.9 Å². The topological polar surface area (TPSA) is 39.4 Å². The molecule has 0 saturated carbocycles. The van der Waals surface area contributed by atoms with Crippen LogP contribution in [0.15, 0.2) is 22.8 Å². The molecule has 2 aromatic rings. The molecule has 0 saturated heterocycles. The van der Waals surface area contributed by atoms with E-state index in [4.69, 9.17) is 0 Å². The lowest BCUT2D eigenvalue weighted by atomic mass is 10.4. The van der Waals surface area contributed by atoms with Crippen LogP contribution in [0.1, 0.15) is 5.82 Å². The van der Waals surface area contributed by atoms with E-state index in [0.717, 1.165) is 7.11 Å². The van der Waals surface area contributed by atoms with Crippen LogP contribution < -0.4 is 0 Å². The standard InChI is InChI=1S/C8H6BrF2N3O/c1-15-8(10,11)7-13-12-6-3-2-5(9)4-14(6)7/h2-4H,1H3. The summed E-state index contributed by atoms with van der Waals surface area (Å²) in [4.78, 5) is 0. The minimum Gasteiger partial charge on any atom is -0.317 e. The number of rotatable bonds is 2. The minimum absolute atomic E-state index is 0.338. The molecule has 0 unspecified atom stereocenters. The summed E-state index contributed by atoms with van der Waals surface area (Å²) in [6.07, 6.45) is -1.99. The molecule has 0 fully saturated rings. The van der Waals surface area contributed by atoms with E-state index in [2.05, 4.69) is 30.9 Å².